The number of sulfonamides is 1. The van der Waals surface area contributed by atoms with Crippen LogP contribution in [0.25, 0.3) is 11.4 Å². The summed E-state index contributed by atoms with van der Waals surface area (Å²) in [5.41, 5.74) is 1.33. The predicted molar refractivity (Wildman–Crippen MR) is 120 cm³/mol. The fourth-order valence-electron chi connectivity index (χ4n) is 3.91. The number of carbonyl (C=O) groups excluding carboxylic acids is 1. The summed E-state index contributed by atoms with van der Waals surface area (Å²) < 4.78 is 27.2. The van der Waals surface area contributed by atoms with Gasteiger partial charge in [-0.3, -0.25) is 9.52 Å². The van der Waals surface area contributed by atoms with Gasteiger partial charge < -0.3 is 9.47 Å². The minimum atomic E-state index is -3.32. The van der Waals surface area contributed by atoms with Gasteiger partial charge in [-0.05, 0) is 64.3 Å². The van der Waals surface area contributed by atoms with E-state index in [1.807, 2.05) is 16.4 Å². The lowest BCUT2D eigenvalue weighted by molar-refractivity contribution is -0.134. The van der Waals surface area contributed by atoms with Crippen LogP contribution in [-0.2, 0) is 21.4 Å². The maximum absolute atomic E-state index is 12.8. The Morgan fingerprint density at radius 2 is 1.80 bits per heavy atom. The molecule has 1 N–H and O–H groups in total. The monoisotopic (exact) mass is 451 g/mol. The zero-order valence-electron chi connectivity index (χ0n) is 17.8. The van der Waals surface area contributed by atoms with Crippen molar-refractivity contribution >= 4 is 33.4 Å². The fourth-order valence-corrected chi connectivity index (χ4v) is 5.35. The minimum Gasteiger partial charge on any atom is -0.337 e. The van der Waals surface area contributed by atoms with Crippen LogP contribution in [0.1, 0.15) is 40.0 Å². The normalized spacial score (nSPS) is 19.7. The molecular weight excluding hydrogens is 422 g/mol. The lowest BCUT2D eigenvalue weighted by atomic mass is 9.98. The number of piperidine rings is 1. The Morgan fingerprint density at radius 1 is 1.17 bits per heavy atom. The van der Waals surface area contributed by atoms with Crippen molar-refractivity contribution in [3.05, 3.63) is 24.3 Å². The summed E-state index contributed by atoms with van der Waals surface area (Å²) >= 11 is 1.41. The van der Waals surface area contributed by atoms with Crippen molar-refractivity contribution < 1.29 is 13.2 Å². The lowest BCUT2D eigenvalue weighted by Crippen LogP contribution is -2.48. The molecule has 2 aromatic rings. The number of amides is 1. The zero-order valence-corrected chi connectivity index (χ0v) is 19.5. The quantitative estimate of drug-likeness (QED) is 0.649. The molecular formula is C20H29N5O3S2. The third-order valence-electron chi connectivity index (χ3n) is 5.29. The van der Waals surface area contributed by atoms with Gasteiger partial charge in [-0.25, -0.2) is 8.42 Å². The molecule has 10 heteroatoms. The second kappa shape index (κ2) is 9.38. The summed E-state index contributed by atoms with van der Waals surface area (Å²) in [5.74, 6) is 1.17. The summed E-state index contributed by atoms with van der Waals surface area (Å²) in [6, 6.07) is 7.56. The van der Waals surface area contributed by atoms with Crippen LogP contribution >= 0.6 is 11.8 Å². The number of hydrogen-bond acceptors (Lipinski definition) is 6. The van der Waals surface area contributed by atoms with Gasteiger partial charge in [0.15, 0.2) is 11.0 Å². The van der Waals surface area contributed by atoms with E-state index in [-0.39, 0.29) is 18.0 Å². The van der Waals surface area contributed by atoms with Crippen LogP contribution in [0.5, 0.6) is 0 Å². The largest absolute Gasteiger partial charge is 0.337 e. The molecule has 3 rings (SSSR count). The summed E-state index contributed by atoms with van der Waals surface area (Å²) in [6.45, 7) is 6.91. The minimum absolute atomic E-state index is 0.142. The van der Waals surface area contributed by atoms with Crippen molar-refractivity contribution in [3.63, 3.8) is 0 Å². The van der Waals surface area contributed by atoms with E-state index in [0.29, 0.717) is 29.0 Å². The van der Waals surface area contributed by atoms with Gasteiger partial charge in [0.05, 0.1) is 12.0 Å². The first-order valence-corrected chi connectivity index (χ1v) is 13.0. The lowest BCUT2D eigenvalue weighted by Gasteiger charge is -2.39. The van der Waals surface area contributed by atoms with Gasteiger partial charge in [-0.15, -0.1) is 10.2 Å². The number of likely N-dealkylation sites (tertiary alicyclic amines) is 1. The van der Waals surface area contributed by atoms with E-state index in [4.69, 9.17) is 0 Å². The van der Waals surface area contributed by atoms with Crippen LogP contribution in [0.3, 0.4) is 0 Å². The SMILES string of the molecule is CCn1c(SCC(=O)N2[C@@H](C)CCC[C@@H]2C)nnc1-c1ccc(NS(C)(=O)=O)cc1. The van der Waals surface area contributed by atoms with Gasteiger partial charge in [0.25, 0.3) is 0 Å². The Bertz CT molecular complexity index is 978. The first-order valence-electron chi connectivity index (χ1n) is 10.1. The molecule has 1 aromatic heterocycles. The Labute approximate surface area is 182 Å². The Morgan fingerprint density at radius 3 is 2.37 bits per heavy atom. The van der Waals surface area contributed by atoms with Gasteiger partial charge in [0.1, 0.15) is 0 Å². The Hall–Kier alpha value is -2.07. The zero-order chi connectivity index (χ0) is 21.9. The molecule has 8 nitrogen and oxygen atoms in total. The third kappa shape index (κ3) is 5.34. The molecule has 1 saturated heterocycles. The molecule has 164 valence electrons. The Balaban J connectivity index is 1.72. The number of thioether (sulfide) groups is 1. The average Bonchev–Trinajstić information content (AvgIpc) is 3.08. The van der Waals surface area contributed by atoms with E-state index in [1.165, 1.54) is 18.2 Å². The maximum atomic E-state index is 12.8. The molecule has 2 heterocycles. The van der Waals surface area contributed by atoms with Crippen molar-refractivity contribution in [2.45, 2.75) is 63.8 Å². The molecule has 0 spiro atoms. The predicted octanol–water partition coefficient (Wildman–Crippen LogP) is 3.22. The number of carbonyl (C=O) groups is 1. The standard InChI is InChI=1S/C20H29N5O3S2/c1-5-24-19(16-9-11-17(12-10-16)23-30(4,27)28)21-22-20(24)29-13-18(26)25-14(2)7-6-8-15(25)3/h9-12,14-15,23H,5-8,13H2,1-4H3/t14-,15-/m0/s1. The third-order valence-corrected chi connectivity index (χ3v) is 6.84. The molecule has 1 amide bonds. The second-order valence-electron chi connectivity index (χ2n) is 7.72. The summed E-state index contributed by atoms with van der Waals surface area (Å²) in [5, 5.41) is 9.31. The molecule has 2 atom stereocenters. The number of benzene rings is 1. The van der Waals surface area contributed by atoms with E-state index < -0.39 is 10.0 Å². The van der Waals surface area contributed by atoms with Gasteiger partial charge >= 0.3 is 0 Å². The molecule has 1 aliphatic rings. The maximum Gasteiger partial charge on any atom is 0.233 e. The molecule has 0 bridgehead atoms. The van der Waals surface area contributed by atoms with Crippen molar-refractivity contribution in [2.75, 3.05) is 16.7 Å². The van der Waals surface area contributed by atoms with Crippen LogP contribution in [0, 0.1) is 0 Å². The van der Waals surface area contributed by atoms with Crippen LogP contribution in [0.4, 0.5) is 5.69 Å². The topological polar surface area (TPSA) is 97.2 Å². The number of aromatic nitrogens is 3. The first kappa shape index (κ1) is 22.6. The molecule has 1 aromatic carbocycles. The molecule has 0 radical (unpaired) electrons. The molecule has 0 unspecified atom stereocenters. The molecule has 1 fully saturated rings. The van der Waals surface area contributed by atoms with Gasteiger partial charge in [-0.1, -0.05) is 11.8 Å². The van der Waals surface area contributed by atoms with Crippen molar-refractivity contribution in [3.8, 4) is 11.4 Å². The number of nitrogens with one attached hydrogen (secondary N) is 1. The number of nitrogens with zero attached hydrogens (tertiary/aromatic N) is 4. The van der Waals surface area contributed by atoms with Gasteiger partial charge in [-0.2, -0.15) is 0 Å². The van der Waals surface area contributed by atoms with Crippen molar-refractivity contribution in [1.29, 1.82) is 0 Å². The van der Waals surface area contributed by atoms with E-state index in [2.05, 4.69) is 28.8 Å². The summed E-state index contributed by atoms with van der Waals surface area (Å²) in [4.78, 5) is 14.8. The summed E-state index contributed by atoms with van der Waals surface area (Å²) in [6.07, 6.45) is 4.40. The van der Waals surface area contributed by atoms with E-state index in [0.717, 1.165) is 24.7 Å². The molecule has 30 heavy (non-hydrogen) atoms. The molecule has 0 saturated carbocycles. The van der Waals surface area contributed by atoms with E-state index in [9.17, 15) is 13.2 Å². The Kier molecular flexibility index (Phi) is 7.07. The van der Waals surface area contributed by atoms with Crippen molar-refractivity contribution in [2.24, 2.45) is 0 Å². The highest BCUT2D eigenvalue weighted by Crippen LogP contribution is 2.27. The van der Waals surface area contributed by atoms with Gasteiger partial charge in [0, 0.05) is 29.9 Å². The van der Waals surface area contributed by atoms with E-state index >= 15 is 0 Å². The van der Waals surface area contributed by atoms with Crippen LogP contribution < -0.4 is 4.72 Å². The first-order chi connectivity index (χ1) is 14.2. The number of rotatable bonds is 7. The highest BCUT2D eigenvalue weighted by molar-refractivity contribution is 7.99. The smallest absolute Gasteiger partial charge is 0.233 e. The van der Waals surface area contributed by atoms with Gasteiger partial charge in [0.2, 0.25) is 15.9 Å². The highest BCUT2D eigenvalue weighted by Gasteiger charge is 2.29. The van der Waals surface area contributed by atoms with E-state index in [1.54, 1.807) is 24.3 Å². The van der Waals surface area contributed by atoms with Crippen LogP contribution in [-0.4, -0.2) is 58.1 Å². The average molecular weight is 452 g/mol. The number of hydrogen-bond donors (Lipinski definition) is 1. The van der Waals surface area contributed by atoms with Crippen LogP contribution in [0.2, 0.25) is 0 Å². The summed E-state index contributed by atoms with van der Waals surface area (Å²) in [7, 11) is -3.32. The fraction of sp³-hybridized carbons (Fsp3) is 0.550. The molecule has 0 aliphatic carbocycles. The number of anilines is 1. The van der Waals surface area contributed by atoms with Crippen LogP contribution in [0.15, 0.2) is 29.4 Å². The molecule has 1 aliphatic heterocycles. The van der Waals surface area contributed by atoms with Crippen molar-refractivity contribution in [1.82, 2.24) is 19.7 Å². The highest BCUT2D eigenvalue weighted by atomic mass is 32.2. The second-order valence-corrected chi connectivity index (χ2v) is 10.4.